The minimum absolute atomic E-state index is 0.306. The molecule has 98 valence electrons. The fourth-order valence-electron chi connectivity index (χ4n) is 2.84. The van der Waals surface area contributed by atoms with Gasteiger partial charge in [-0.25, -0.2) is 0 Å². The molecule has 2 heteroatoms. The van der Waals surface area contributed by atoms with Gasteiger partial charge in [-0.1, -0.05) is 38.3 Å². The van der Waals surface area contributed by atoms with Crippen LogP contribution >= 0.6 is 0 Å². The number of hydrogen-bond acceptors (Lipinski definition) is 2. The van der Waals surface area contributed by atoms with Crippen LogP contribution in [0.25, 0.3) is 0 Å². The number of hydrogen-bond donors (Lipinski definition) is 1. The summed E-state index contributed by atoms with van der Waals surface area (Å²) in [6.45, 7) is 2.13. The first kappa shape index (κ1) is 13.1. The van der Waals surface area contributed by atoms with Crippen molar-refractivity contribution in [3.05, 3.63) is 29.8 Å². The van der Waals surface area contributed by atoms with Crippen LogP contribution < -0.4 is 5.73 Å². The first-order chi connectivity index (χ1) is 8.66. The second kappa shape index (κ2) is 6.03. The van der Waals surface area contributed by atoms with Gasteiger partial charge in [-0.3, -0.25) is 4.79 Å². The molecule has 0 amide bonds. The van der Waals surface area contributed by atoms with Crippen LogP contribution in [0.2, 0.25) is 0 Å². The highest BCUT2D eigenvalue weighted by Crippen LogP contribution is 2.29. The van der Waals surface area contributed by atoms with E-state index in [0.717, 1.165) is 18.5 Å². The molecule has 1 unspecified atom stereocenters. The molecule has 1 aliphatic rings. The van der Waals surface area contributed by atoms with E-state index < -0.39 is 0 Å². The van der Waals surface area contributed by atoms with Gasteiger partial charge in [-0.2, -0.15) is 0 Å². The lowest BCUT2D eigenvalue weighted by molar-refractivity contribution is -0.124. The minimum Gasteiger partial charge on any atom is -0.399 e. The summed E-state index contributed by atoms with van der Waals surface area (Å²) in [5.41, 5.74) is 7.68. The van der Waals surface area contributed by atoms with Crippen LogP contribution in [0, 0.1) is 5.92 Å². The molecule has 0 bridgehead atoms. The molecule has 1 aromatic rings. The van der Waals surface area contributed by atoms with Crippen LogP contribution in [0.15, 0.2) is 24.3 Å². The van der Waals surface area contributed by atoms with Crippen molar-refractivity contribution in [2.45, 2.75) is 51.4 Å². The second-order valence-corrected chi connectivity index (χ2v) is 5.57. The molecular weight excluding hydrogens is 222 g/mol. The highest BCUT2D eigenvalue weighted by atomic mass is 16.1. The van der Waals surface area contributed by atoms with Gasteiger partial charge in [0.15, 0.2) is 0 Å². The summed E-state index contributed by atoms with van der Waals surface area (Å²) >= 11 is 0. The number of anilines is 1. The minimum atomic E-state index is 0.306. The van der Waals surface area contributed by atoms with E-state index in [1.54, 1.807) is 0 Å². The Morgan fingerprint density at radius 2 is 1.83 bits per heavy atom. The molecular formula is C16H23NO. The molecule has 0 spiro atoms. The molecule has 0 heterocycles. The van der Waals surface area contributed by atoms with Crippen molar-refractivity contribution in [3.8, 4) is 0 Å². The Bertz CT molecular complexity index is 390. The van der Waals surface area contributed by atoms with Gasteiger partial charge in [0.05, 0.1) is 0 Å². The molecule has 0 saturated heterocycles. The summed E-state index contributed by atoms with van der Waals surface area (Å²) < 4.78 is 0. The third-order valence-corrected chi connectivity index (χ3v) is 4.07. The van der Waals surface area contributed by atoms with E-state index in [9.17, 15) is 4.79 Å². The number of nitrogen functional groups attached to an aromatic ring is 1. The average molecular weight is 245 g/mol. The number of nitrogens with two attached hydrogens (primary N) is 1. The largest absolute Gasteiger partial charge is 0.399 e. The Hall–Kier alpha value is -1.31. The molecule has 2 N–H and O–H groups in total. The molecule has 18 heavy (non-hydrogen) atoms. The van der Waals surface area contributed by atoms with Crippen molar-refractivity contribution in [2.75, 3.05) is 5.73 Å². The van der Waals surface area contributed by atoms with Gasteiger partial charge in [-0.05, 0) is 36.5 Å². The Morgan fingerprint density at radius 3 is 2.44 bits per heavy atom. The number of carbonyl (C=O) groups excluding carboxylic acids is 1. The highest BCUT2D eigenvalue weighted by molar-refractivity contribution is 5.81. The van der Waals surface area contributed by atoms with Crippen molar-refractivity contribution < 1.29 is 4.79 Å². The normalized spacial score (nSPS) is 18.5. The molecule has 1 aliphatic carbocycles. The topological polar surface area (TPSA) is 43.1 Å². The summed E-state index contributed by atoms with van der Waals surface area (Å²) in [5, 5.41) is 0. The maximum absolute atomic E-state index is 12.2. The first-order valence-electron chi connectivity index (χ1n) is 7.05. The summed E-state index contributed by atoms with van der Waals surface area (Å²) in [6, 6.07) is 7.90. The summed E-state index contributed by atoms with van der Waals surface area (Å²) in [7, 11) is 0. The fraction of sp³-hybridized carbons (Fsp3) is 0.562. The zero-order valence-electron chi connectivity index (χ0n) is 11.2. The highest BCUT2D eigenvalue weighted by Gasteiger charge is 2.22. The Kier molecular flexibility index (Phi) is 4.40. The lowest BCUT2D eigenvalue weighted by Gasteiger charge is -2.22. The van der Waals surface area contributed by atoms with E-state index in [0.29, 0.717) is 24.0 Å². The molecule has 1 aromatic carbocycles. The standard InChI is InChI=1S/C16H23NO/c1-12(13-7-9-15(17)10-8-13)11-16(18)14-5-3-2-4-6-14/h7-10,12,14H,2-6,11,17H2,1H3. The monoisotopic (exact) mass is 245 g/mol. The van der Waals surface area contributed by atoms with Crippen LogP contribution in [0.3, 0.4) is 0 Å². The molecule has 2 nitrogen and oxygen atoms in total. The number of rotatable bonds is 4. The van der Waals surface area contributed by atoms with Gasteiger partial charge < -0.3 is 5.73 Å². The lowest BCUT2D eigenvalue weighted by Crippen LogP contribution is -2.19. The molecule has 1 fully saturated rings. The maximum Gasteiger partial charge on any atom is 0.136 e. The van der Waals surface area contributed by atoms with Gasteiger partial charge in [0.25, 0.3) is 0 Å². The predicted molar refractivity (Wildman–Crippen MR) is 75.5 cm³/mol. The van der Waals surface area contributed by atoms with Crippen LogP contribution in [0.4, 0.5) is 5.69 Å². The van der Waals surface area contributed by atoms with E-state index in [1.807, 2.05) is 24.3 Å². The zero-order chi connectivity index (χ0) is 13.0. The number of benzene rings is 1. The summed E-state index contributed by atoms with van der Waals surface area (Å²) in [6.07, 6.45) is 6.64. The van der Waals surface area contributed by atoms with E-state index >= 15 is 0 Å². The van der Waals surface area contributed by atoms with E-state index in [4.69, 9.17) is 5.73 Å². The second-order valence-electron chi connectivity index (χ2n) is 5.57. The summed E-state index contributed by atoms with van der Waals surface area (Å²) in [5.74, 6) is 1.09. The SMILES string of the molecule is CC(CC(=O)C1CCCCC1)c1ccc(N)cc1. The molecule has 2 rings (SSSR count). The molecule has 1 saturated carbocycles. The van der Waals surface area contributed by atoms with Crippen LogP contribution in [-0.2, 0) is 4.79 Å². The Morgan fingerprint density at radius 1 is 1.22 bits per heavy atom. The maximum atomic E-state index is 12.2. The third-order valence-electron chi connectivity index (χ3n) is 4.07. The summed E-state index contributed by atoms with van der Waals surface area (Å²) in [4.78, 5) is 12.2. The van der Waals surface area contributed by atoms with Gasteiger partial charge in [0.1, 0.15) is 5.78 Å². The van der Waals surface area contributed by atoms with Gasteiger partial charge in [0, 0.05) is 18.0 Å². The molecule has 0 aromatic heterocycles. The number of carbonyl (C=O) groups is 1. The van der Waals surface area contributed by atoms with Crippen LogP contribution in [-0.4, -0.2) is 5.78 Å². The van der Waals surface area contributed by atoms with Crippen LogP contribution in [0.1, 0.15) is 56.9 Å². The third kappa shape index (κ3) is 3.34. The predicted octanol–water partition coefficient (Wildman–Crippen LogP) is 3.91. The quantitative estimate of drug-likeness (QED) is 0.817. The van der Waals surface area contributed by atoms with E-state index in [-0.39, 0.29) is 0 Å². The van der Waals surface area contributed by atoms with E-state index in [2.05, 4.69) is 6.92 Å². The van der Waals surface area contributed by atoms with Gasteiger partial charge in [-0.15, -0.1) is 0 Å². The van der Waals surface area contributed by atoms with Gasteiger partial charge in [0.2, 0.25) is 0 Å². The van der Waals surface area contributed by atoms with Crippen molar-refractivity contribution in [2.24, 2.45) is 5.92 Å². The lowest BCUT2D eigenvalue weighted by atomic mass is 9.82. The van der Waals surface area contributed by atoms with Crippen molar-refractivity contribution in [1.82, 2.24) is 0 Å². The molecule has 1 atom stereocenters. The first-order valence-corrected chi connectivity index (χ1v) is 7.05. The van der Waals surface area contributed by atoms with Crippen molar-refractivity contribution in [1.29, 1.82) is 0 Å². The van der Waals surface area contributed by atoms with Gasteiger partial charge >= 0.3 is 0 Å². The Balaban J connectivity index is 1.91. The molecule has 0 radical (unpaired) electrons. The van der Waals surface area contributed by atoms with Crippen LogP contribution in [0.5, 0.6) is 0 Å². The Labute approximate surface area is 110 Å². The number of Topliss-reactive ketones (excluding diaryl/α,β-unsaturated/α-hetero) is 1. The average Bonchev–Trinajstić information content (AvgIpc) is 2.40. The smallest absolute Gasteiger partial charge is 0.136 e. The van der Waals surface area contributed by atoms with Crippen molar-refractivity contribution >= 4 is 11.5 Å². The number of ketones is 1. The zero-order valence-corrected chi connectivity index (χ0v) is 11.2. The molecule has 0 aliphatic heterocycles. The fourth-order valence-corrected chi connectivity index (χ4v) is 2.84. The van der Waals surface area contributed by atoms with E-state index in [1.165, 1.54) is 24.8 Å². The van der Waals surface area contributed by atoms with Crippen molar-refractivity contribution in [3.63, 3.8) is 0 Å².